The molecule has 0 bridgehead atoms. The summed E-state index contributed by atoms with van der Waals surface area (Å²) in [7, 11) is -3.78. The molecular formula is C23H44OSi2. The molecule has 0 aliphatic rings. The van der Waals surface area contributed by atoms with Gasteiger partial charge in [-0.1, -0.05) is 105 Å². The fourth-order valence-corrected chi connectivity index (χ4v) is 13.8. The van der Waals surface area contributed by atoms with Gasteiger partial charge in [0.25, 0.3) is 0 Å². The lowest BCUT2D eigenvalue weighted by Gasteiger charge is -2.57. The third-order valence-corrected chi connectivity index (χ3v) is 16.8. The summed E-state index contributed by atoms with van der Waals surface area (Å²) in [5.74, 6) is 0. The zero-order valence-electron chi connectivity index (χ0n) is 19.4. The van der Waals surface area contributed by atoms with E-state index < -0.39 is 16.4 Å². The highest BCUT2D eigenvalue weighted by Gasteiger charge is 2.59. The van der Waals surface area contributed by atoms with Crippen molar-refractivity contribution in [3.05, 3.63) is 30.3 Å². The standard InChI is InChI=1S/C23H44OSi2/c1-12-22(7,21(4,5)6)26(11,20-18-16-15-17-19-20)24-23(13-2,14-3)25(8,9)10/h15-19H,12-14H2,1-11H3. The Kier molecular flexibility index (Phi) is 7.21. The van der Waals surface area contributed by atoms with Crippen LogP contribution in [0.2, 0.25) is 31.2 Å². The smallest absolute Gasteiger partial charge is 0.227 e. The molecule has 1 aromatic carbocycles. The summed E-state index contributed by atoms with van der Waals surface area (Å²) in [6.45, 7) is 26.7. The quantitative estimate of drug-likeness (QED) is 0.427. The van der Waals surface area contributed by atoms with Crippen LogP contribution in [0.3, 0.4) is 0 Å². The monoisotopic (exact) mass is 392 g/mol. The van der Waals surface area contributed by atoms with Crippen molar-refractivity contribution in [3.8, 4) is 0 Å². The van der Waals surface area contributed by atoms with Gasteiger partial charge in [-0.15, -0.1) is 0 Å². The normalized spacial score (nSPS) is 18.3. The fraction of sp³-hybridized carbons (Fsp3) is 0.739. The summed E-state index contributed by atoms with van der Waals surface area (Å²) in [5, 5.41) is 1.63. The van der Waals surface area contributed by atoms with E-state index in [9.17, 15) is 0 Å². The van der Waals surface area contributed by atoms with E-state index in [-0.39, 0.29) is 15.7 Å². The highest BCUT2D eigenvalue weighted by atomic mass is 28.4. The molecule has 2 unspecified atom stereocenters. The second kappa shape index (κ2) is 7.93. The van der Waals surface area contributed by atoms with Crippen molar-refractivity contribution >= 4 is 21.6 Å². The molecule has 0 aliphatic carbocycles. The Bertz CT molecular complexity index is 566. The largest absolute Gasteiger partial charge is 0.409 e. The van der Waals surface area contributed by atoms with Gasteiger partial charge in [0, 0.05) is 5.22 Å². The number of benzene rings is 1. The molecule has 3 heteroatoms. The van der Waals surface area contributed by atoms with E-state index >= 15 is 0 Å². The number of hydrogen-bond acceptors (Lipinski definition) is 1. The minimum absolute atomic E-state index is 0.0332. The second-order valence-electron chi connectivity index (χ2n) is 10.4. The topological polar surface area (TPSA) is 9.23 Å². The van der Waals surface area contributed by atoms with Gasteiger partial charge in [0.1, 0.15) is 0 Å². The first kappa shape index (κ1) is 23.7. The van der Waals surface area contributed by atoms with Crippen LogP contribution >= 0.6 is 0 Å². The second-order valence-corrected chi connectivity index (χ2v) is 19.8. The predicted molar refractivity (Wildman–Crippen MR) is 124 cm³/mol. The minimum Gasteiger partial charge on any atom is -0.409 e. The summed E-state index contributed by atoms with van der Waals surface area (Å²) in [4.78, 5) is 0. The molecule has 0 heterocycles. The van der Waals surface area contributed by atoms with Crippen molar-refractivity contribution < 1.29 is 4.43 Å². The first-order valence-electron chi connectivity index (χ1n) is 10.5. The number of hydrogen-bond donors (Lipinski definition) is 0. The average Bonchev–Trinajstić information content (AvgIpc) is 2.57. The molecule has 150 valence electrons. The maximum Gasteiger partial charge on any atom is 0.227 e. The molecule has 0 amide bonds. The zero-order valence-corrected chi connectivity index (χ0v) is 21.4. The molecule has 2 atom stereocenters. The summed E-state index contributed by atoms with van der Waals surface area (Å²) in [6.07, 6.45) is 3.36. The molecule has 0 saturated heterocycles. The van der Waals surface area contributed by atoms with Crippen molar-refractivity contribution in [1.82, 2.24) is 0 Å². The van der Waals surface area contributed by atoms with Gasteiger partial charge in [-0.25, -0.2) is 0 Å². The van der Waals surface area contributed by atoms with Crippen molar-refractivity contribution in [2.24, 2.45) is 5.41 Å². The van der Waals surface area contributed by atoms with E-state index in [0.29, 0.717) is 0 Å². The van der Waals surface area contributed by atoms with E-state index in [1.54, 1.807) is 0 Å². The maximum absolute atomic E-state index is 7.56. The molecule has 0 spiro atoms. The van der Waals surface area contributed by atoms with Crippen LogP contribution in [0.4, 0.5) is 0 Å². The summed E-state index contributed by atoms with van der Waals surface area (Å²) < 4.78 is 7.56. The average molecular weight is 393 g/mol. The van der Waals surface area contributed by atoms with E-state index in [4.69, 9.17) is 4.43 Å². The van der Waals surface area contributed by atoms with E-state index in [1.165, 1.54) is 5.19 Å². The molecule has 1 nitrogen and oxygen atoms in total. The van der Waals surface area contributed by atoms with Crippen LogP contribution in [0.25, 0.3) is 0 Å². The number of rotatable bonds is 8. The van der Waals surface area contributed by atoms with Crippen molar-refractivity contribution in [2.45, 2.75) is 104 Å². The Balaban J connectivity index is 3.73. The van der Waals surface area contributed by atoms with E-state index in [0.717, 1.165) is 19.3 Å². The van der Waals surface area contributed by atoms with Crippen LogP contribution in [-0.2, 0) is 4.43 Å². The third kappa shape index (κ3) is 3.90. The van der Waals surface area contributed by atoms with Gasteiger partial charge < -0.3 is 4.43 Å². The summed E-state index contributed by atoms with van der Waals surface area (Å²) in [6, 6.07) is 11.2. The molecule has 1 rings (SSSR count). The van der Waals surface area contributed by atoms with Crippen molar-refractivity contribution in [1.29, 1.82) is 0 Å². The van der Waals surface area contributed by atoms with Crippen LogP contribution in [0.1, 0.15) is 67.7 Å². The van der Waals surface area contributed by atoms with Gasteiger partial charge >= 0.3 is 0 Å². The Morgan fingerprint density at radius 2 is 1.23 bits per heavy atom. The van der Waals surface area contributed by atoms with Gasteiger partial charge in [-0.05, 0) is 35.0 Å². The van der Waals surface area contributed by atoms with Crippen LogP contribution in [0.15, 0.2) is 30.3 Å². The molecule has 1 aromatic rings. The van der Waals surface area contributed by atoms with Gasteiger partial charge in [0.2, 0.25) is 8.32 Å². The molecule has 0 N–H and O–H groups in total. The zero-order chi connectivity index (χ0) is 20.4. The summed E-state index contributed by atoms with van der Waals surface area (Å²) >= 11 is 0. The Labute approximate surface area is 166 Å². The van der Waals surface area contributed by atoms with Gasteiger partial charge in [0.05, 0.1) is 8.07 Å². The van der Waals surface area contributed by atoms with Crippen LogP contribution < -0.4 is 5.19 Å². The van der Waals surface area contributed by atoms with Gasteiger partial charge in [0.15, 0.2) is 0 Å². The van der Waals surface area contributed by atoms with E-state index in [1.807, 2.05) is 0 Å². The molecule has 0 saturated carbocycles. The van der Waals surface area contributed by atoms with Crippen molar-refractivity contribution in [3.63, 3.8) is 0 Å². The highest BCUT2D eigenvalue weighted by Crippen LogP contribution is 2.56. The molecule has 0 aromatic heterocycles. The summed E-state index contributed by atoms with van der Waals surface area (Å²) in [5.41, 5.74) is 0.186. The lowest BCUT2D eigenvalue weighted by Crippen LogP contribution is -2.68. The maximum atomic E-state index is 7.56. The lowest BCUT2D eigenvalue weighted by molar-refractivity contribution is 0.100. The third-order valence-electron chi connectivity index (χ3n) is 7.65. The van der Waals surface area contributed by atoms with Crippen LogP contribution in [0.5, 0.6) is 0 Å². The van der Waals surface area contributed by atoms with Crippen molar-refractivity contribution in [2.75, 3.05) is 0 Å². The van der Waals surface area contributed by atoms with E-state index in [2.05, 4.69) is 105 Å². The lowest BCUT2D eigenvalue weighted by atomic mass is 9.79. The molecular weight excluding hydrogens is 348 g/mol. The van der Waals surface area contributed by atoms with Crippen LogP contribution in [0, 0.1) is 5.41 Å². The van der Waals surface area contributed by atoms with Crippen LogP contribution in [-0.4, -0.2) is 21.6 Å². The molecule has 0 aliphatic heterocycles. The first-order valence-corrected chi connectivity index (χ1v) is 16.4. The minimum atomic E-state index is -2.27. The first-order chi connectivity index (χ1) is 11.7. The molecule has 0 fully saturated rings. The molecule has 26 heavy (non-hydrogen) atoms. The van der Waals surface area contributed by atoms with Gasteiger partial charge in [-0.3, -0.25) is 0 Å². The predicted octanol–water partition coefficient (Wildman–Crippen LogP) is 7.14. The fourth-order valence-electron chi connectivity index (χ4n) is 4.83. The van der Waals surface area contributed by atoms with Gasteiger partial charge in [-0.2, -0.15) is 0 Å². The molecule has 0 radical (unpaired) electrons. The Morgan fingerprint density at radius 1 is 0.769 bits per heavy atom. The Hall–Kier alpha value is -0.386. The highest BCUT2D eigenvalue weighted by molar-refractivity contribution is 6.89. The Morgan fingerprint density at radius 3 is 1.54 bits per heavy atom. The SMILES string of the molecule is CCC(CC)(O[Si](C)(c1ccccc1)C(C)(CC)C(C)(C)C)[Si](C)(C)C.